The quantitative estimate of drug-likeness (QED) is 0.924. The molecule has 0 aliphatic carbocycles. The summed E-state index contributed by atoms with van der Waals surface area (Å²) in [4.78, 5) is 23.4. The molecule has 1 aromatic carbocycles. The molecule has 0 fully saturated rings. The second kappa shape index (κ2) is 5.11. The third kappa shape index (κ3) is 2.52. The number of benzene rings is 1. The van der Waals surface area contributed by atoms with Crippen LogP contribution >= 0.6 is 23.2 Å². The van der Waals surface area contributed by atoms with Gasteiger partial charge in [-0.3, -0.25) is 13.9 Å². The fourth-order valence-corrected chi connectivity index (χ4v) is 1.94. The molecule has 0 saturated heterocycles. The molecule has 0 aliphatic rings. The second-order valence-electron chi connectivity index (χ2n) is 3.99. The molecule has 1 aromatic heterocycles. The molecule has 0 atom stereocenters. The fourth-order valence-electron chi connectivity index (χ4n) is 1.59. The lowest BCUT2D eigenvalue weighted by Gasteiger charge is -2.13. The van der Waals surface area contributed by atoms with Crippen LogP contribution in [0.25, 0.3) is 0 Å². The Bertz CT molecular complexity index is 750. The summed E-state index contributed by atoms with van der Waals surface area (Å²) in [5, 5.41) is 3.64. The van der Waals surface area contributed by atoms with Crippen LogP contribution in [0.2, 0.25) is 10.0 Å². The first kappa shape index (κ1) is 13.7. The summed E-state index contributed by atoms with van der Waals surface area (Å²) in [6.45, 7) is 0. The molecule has 0 radical (unpaired) electrons. The first-order chi connectivity index (χ1) is 8.91. The maximum absolute atomic E-state index is 11.8. The Morgan fingerprint density at radius 2 is 1.79 bits per heavy atom. The Balaban J connectivity index is 2.54. The molecule has 19 heavy (non-hydrogen) atoms. The van der Waals surface area contributed by atoms with Gasteiger partial charge < -0.3 is 5.32 Å². The standard InChI is InChI=1S/C12H11Cl2N3O2/c1-16-9(6-10(18)17(2)12(16)19)15-8-5-3-4-7(13)11(8)14/h3-6,15H,1-2H3. The number of anilines is 2. The largest absolute Gasteiger partial charge is 0.340 e. The first-order valence-corrected chi connectivity index (χ1v) is 6.15. The number of rotatable bonds is 2. The van der Waals surface area contributed by atoms with Crippen LogP contribution in [0.3, 0.4) is 0 Å². The van der Waals surface area contributed by atoms with Crippen molar-refractivity contribution < 1.29 is 0 Å². The zero-order chi connectivity index (χ0) is 14.2. The van der Waals surface area contributed by atoms with Crippen molar-refractivity contribution in [3.8, 4) is 0 Å². The van der Waals surface area contributed by atoms with Crippen molar-refractivity contribution in [1.29, 1.82) is 0 Å². The molecule has 0 bridgehead atoms. The van der Waals surface area contributed by atoms with Crippen molar-refractivity contribution in [3.05, 3.63) is 55.1 Å². The van der Waals surface area contributed by atoms with Gasteiger partial charge in [-0.25, -0.2) is 4.79 Å². The molecular formula is C12H11Cl2N3O2. The van der Waals surface area contributed by atoms with E-state index >= 15 is 0 Å². The molecule has 0 amide bonds. The molecule has 5 nitrogen and oxygen atoms in total. The van der Waals surface area contributed by atoms with E-state index in [0.717, 1.165) is 4.57 Å². The van der Waals surface area contributed by atoms with Gasteiger partial charge in [-0.2, -0.15) is 0 Å². The van der Waals surface area contributed by atoms with Crippen molar-refractivity contribution in [2.24, 2.45) is 14.1 Å². The second-order valence-corrected chi connectivity index (χ2v) is 4.78. The van der Waals surface area contributed by atoms with Crippen LogP contribution in [0.5, 0.6) is 0 Å². The van der Waals surface area contributed by atoms with Gasteiger partial charge in [-0.1, -0.05) is 29.3 Å². The smallest absolute Gasteiger partial charge is 0.332 e. The van der Waals surface area contributed by atoms with E-state index in [0.29, 0.717) is 21.6 Å². The molecule has 0 unspecified atom stereocenters. The molecule has 1 N–H and O–H groups in total. The molecule has 2 aromatic rings. The van der Waals surface area contributed by atoms with Crippen LogP contribution < -0.4 is 16.6 Å². The number of aromatic nitrogens is 2. The lowest BCUT2D eigenvalue weighted by atomic mass is 10.3. The van der Waals surface area contributed by atoms with Crippen molar-refractivity contribution in [2.75, 3.05) is 5.32 Å². The molecular weight excluding hydrogens is 289 g/mol. The van der Waals surface area contributed by atoms with Crippen LogP contribution in [0.15, 0.2) is 33.9 Å². The van der Waals surface area contributed by atoms with E-state index in [1.807, 2.05) is 0 Å². The Kier molecular flexibility index (Phi) is 3.68. The van der Waals surface area contributed by atoms with Crippen LogP contribution in [-0.2, 0) is 14.1 Å². The van der Waals surface area contributed by atoms with Gasteiger partial charge in [0, 0.05) is 20.2 Å². The minimum absolute atomic E-state index is 0.331. The zero-order valence-corrected chi connectivity index (χ0v) is 11.8. The molecule has 7 heteroatoms. The SMILES string of the molecule is Cn1c(Nc2cccc(Cl)c2Cl)cc(=O)n(C)c1=O. The van der Waals surface area contributed by atoms with Crippen LogP contribution in [0, 0.1) is 0 Å². The van der Waals surface area contributed by atoms with Crippen molar-refractivity contribution >= 4 is 34.7 Å². The summed E-state index contributed by atoms with van der Waals surface area (Å²) in [7, 11) is 2.98. The Morgan fingerprint density at radius 3 is 2.47 bits per heavy atom. The van der Waals surface area contributed by atoms with Crippen molar-refractivity contribution in [1.82, 2.24) is 9.13 Å². The van der Waals surface area contributed by atoms with Gasteiger partial charge in [0.1, 0.15) is 5.82 Å². The highest BCUT2D eigenvalue weighted by Gasteiger charge is 2.09. The van der Waals surface area contributed by atoms with Gasteiger partial charge >= 0.3 is 5.69 Å². The molecule has 0 saturated carbocycles. The molecule has 1 heterocycles. The van der Waals surface area contributed by atoms with Gasteiger partial charge in [-0.05, 0) is 12.1 Å². The minimum atomic E-state index is -0.423. The Morgan fingerprint density at radius 1 is 1.11 bits per heavy atom. The summed E-state index contributed by atoms with van der Waals surface area (Å²) in [6.07, 6.45) is 0. The highest BCUT2D eigenvalue weighted by Crippen LogP contribution is 2.31. The number of nitrogens with zero attached hydrogens (tertiary/aromatic N) is 2. The monoisotopic (exact) mass is 299 g/mol. The number of nitrogens with one attached hydrogen (secondary N) is 1. The fraction of sp³-hybridized carbons (Fsp3) is 0.167. The number of hydrogen-bond acceptors (Lipinski definition) is 3. The third-order valence-electron chi connectivity index (χ3n) is 2.74. The lowest BCUT2D eigenvalue weighted by molar-refractivity contribution is 0.693. The highest BCUT2D eigenvalue weighted by molar-refractivity contribution is 6.43. The maximum atomic E-state index is 11.8. The summed E-state index contributed by atoms with van der Waals surface area (Å²) in [5.41, 5.74) is -0.297. The molecule has 0 spiro atoms. The lowest BCUT2D eigenvalue weighted by Crippen LogP contribution is -2.37. The van der Waals surface area contributed by atoms with E-state index in [4.69, 9.17) is 23.2 Å². The van der Waals surface area contributed by atoms with Gasteiger partial charge in [0.05, 0.1) is 15.7 Å². The van der Waals surface area contributed by atoms with Crippen LogP contribution in [0.4, 0.5) is 11.5 Å². The van der Waals surface area contributed by atoms with E-state index in [1.165, 1.54) is 17.7 Å². The van der Waals surface area contributed by atoms with Gasteiger partial charge in [0.2, 0.25) is 0 Å². The predicted molar refractivity (Wildman–Crippen MR) is 76.7 cm³/mol. The average molecular weight is 300 g/mol. The normalized spacial score (nSPS) is 10.5. The van der Waals surface area contributed by atoms with Gasteiger partial charge in [0.25, 0.3) is 5.56 Å². The Labute approximate surface area is 119 Å². The van der Waals surface area contributed by atoms with Crippen molar-refractivity contribution in [3.63, 3.8) is 0 Å². The van der Waals surface area contributed by atoms with E-state index in [-0.39, 0.29) is 0 Å². The van der Waals surface area contributed by atoms with E-state index in [2.05, 4.69) is 5.32 Å². The number of halogens is 2. The number of hydrogen-bond donors (Lipinski definition) is 1. The first-order valence-electron chi connectivity index (χ1n) is 5.40. The summed E-state index contributed by atoms with van der Waals surface area (Å²) in [5.74, 6) is 0.345. The summed E-state index contributed by atoms with van der Waals surface area (Å²) in [6, 6.07) is 6.39. The maximum Gasteiger partial charge on any atom is 0.332 e. The van der Waals surface area contributed by atoms with Crippen molar-refractivity contribution in [2.45, 2.75) is 0 Å². The topological polar surface area (TPSA) is 56.0 Å². The van der Waals surface area contributed by atoms with E-state index in [1.54, 1.807) is 25.2 Å². The molecule has 100 valence electrons. The molecule has 2 rings (SSSR count). The summed E-state index contributed by atoms with van der Waals surface area (Å²) < 4.78 is 2.34. The van der Waals surface area contributed by atoms with Gasteiger partial charge in [-0.15, -0.1) is 0 Å². The van der Waals surface area contributed by atoms with E-state index in [9.17, 15) is 9.59 Å². The van der Waals surface area contributed by atoms with E-state index < -0.39 is 11.2 Å². The highest BCUT2D eigenvalue weighted by atomic mass is 35.5. The predicted octanol–water partition coefficient (Wildman–Crippen LogP) is 2.13. The van der Waals surface area contributed by atoms with Crippen LogP contribution in [0.1, 0.15) is 0 Å². The third-order valence-corrected chi connectivity index (χ3v) is 3.56. The van der Waals surface area contributed by atoms with Crippen LogP contribution in [-0.4, -0.2) is 9.13 Å². The zero-order valence-electron chi connectivity index (χ0n) is 10.3. The Hall–Kier alpha value is -1.72. The average Bonchev–Trinajstić information content (AvgIpc) is 2.38. The molecule has 0 aliphatic heterocycles. The summed E-state index contributed by atoms with van der Waals surface area (Å²) >= 11 is 11.9. The minimum Gasteiger partial charge on any atom is -0.340 e. The van der Waals surface area contributed by atoms with Gasteiger partial charge in [0.15, 0.2) is 0 Å².